The summed E-state index contributed by atoms with van der Waals surface area (Å²) < 4.78 is 31.6. The minimum Gasteiger partial charge on any atom is -0.263 e. The van der Waals surface area contributed by atoms with Crippen LogP contribution in [-0.4, -0.2) is 14.5 Å². The largest absolute Gasteiger partial charge is 0.297 e. The first-order chi connectivity index (χ1) is 17.6. The molecule has 3 nitrogen and oxygen atoms in total. The monoisotopic (exact) mass is 526 g/mol. The summed E-state index contributed by atoms with van der Waals surface area (Å²) in [6.45, 7) is 11.9. The topological polar surface area (TPSA) is 43.4 Å². The van der Waals surface area contributed by atoms with Crippen LogP contribution < -0.4 is 0 Å². The highest BCUT2D eigenvalue weighted by Crippen LogP contribution is 2.64. The van der Waals surface area contributed by atoms with Gasteiger partial charge in [-0.3, -0.25) is 4.18 Å². The minimum atomic E-state index is -3.71. The van der Waals surface area contributed by atoms with Gasteiger partial charge in [-0.2, -0.15) is 8.42 Å². The van der Waals surface area contributed by atoms with Crippen LogP contribution in [0.4, 0.5) is 0 Å². The van der Waals surface area contributed by atoms with E-state index in [9.17, 15) is 8.42 Å². The van der Waals surface area contributed by atoms with Gasteiger partial charge in [0.05, 0.1) is 11.0 Å². The first-order valence-corrected chi connectivity index (χ1v) is 16.7. The van der Waals surface area contributed by atoms with Gasteiger partial charge in [0.15, 0.2) is 0 Å². The van der Waals surface area contributed by atoms with E-state index in [1.54, 1.807) is 12.1 Å². The van der Waals surface area contributed by atoms with Gasteiger partial charge in [0.25, 0.3) is 10.1 Å². The molecule has 0 aliphatic heterocycles. The second kappa shape index (κ2) is 10.8. The summed E-state index contributed by atoms with van der Waals surface area (Å²) in [7, 11) is -3.71. The van der Waals surface area contributed by atoms with Crippen LogP contribution in [0.2, 0.25) is 0 Å². The van der Waals surface area contributed by atoms with E-state index in [1.807, 2.05) is 19.1 Å². The van der Waals surface area contributed by atoms with Crippen LogP contribution in [0.3, 0.4) is 0 Å². The molecule has 8 atom stereocenters. The lowest BCUT2D eigenvalue weighted by atomic mass is 9.51. The first kappa shape index (κ1) is 27.4. The maximum absolute atomic E-state index is 12.9. The van der Waals surface area contributed by atoms with Crippen molar-refractivity contribution in [1.29, 1.82) is 0 Å². The molecular formula is C33H50O3S. The summed E-state index contributed by atoms with van der Waals surface area (Å²) in [5.41, 5.74) is 3.07. The van der Waals surface area contributed by atoms with E-state index in [1.165, 1.54) is 56.9 Å². The molecule has 0 N–H and O–H groups in total. The van der Waals surface area contributed by atoms with E-state index in [0.717, 1.165) is 60.3 Å². The average molecular weight is 527 g/mol. The van der Waals surface area contributed by atoms with Crippen molar-refractivity contribution in [2.45, 2.75) is 116 Å². The third kappa shape index (κ3) is 5.49. The van der Waals surface area contributed by atoms with Crippen LogP contribution in [0, 0.1) is 53.8 Å². The van der Waals surface area contributed by atoms with Gasteiger partial charge in [0.1, 0.15) is 0 Å². The van der Waals surface area contributed by atoms with Gasteiger partial charge in [-0.1, -0.05) is 76.3 Å². The van der Waals surface area contributed by atoms with Gasteiger partial charge >= 0.3 is 0 Å². The van der Waals surface area contributed by atoms with Crippen molar-refractivity contribution < 1.29 is 12.6 Å². The van der Waals surface area contributed by atoms with E-state index < -0.39 is 10.1 Å². The molecule has 5 rings (SSSR count). The van der Waals surface area contributed by atoms with E-state index in [4.69, 9.17) is 4.18 Å². The third-order valence-corrected chi connectivity index (χ3v) is 12.5. The molecule has 37 heavy (non-hydrogen) atoms. The molecule has 0 radical (unpaired) electrons. The Morgan fingerprint density at radius 3 is 2.46 bits per heavy atom. The maximum Gasteiger partial charge on any atom is 0.297 e. The summed E-state index contributed by atoms with van der Waals surface area (Å²) in [4.78, 5) is 0.277. The molecule has 3 fully saturated rings. The molecule has 7 unspecified atom stereocenters. The zero-order valence-corrected chi connectivity index (χ0v) is 24.7. The molecular weight excluding hydrogens is 476 g/mol. The van der Waals surface area contributed by atoms with Gasteiger partial charge < -0.3 is 0 Å². The number of benzene rings is 1. The van der Waals surface area contributed by atoms with Gasteiger partial charge in [0, 0.05) is 0 Å². The summed E-state index contributed by atoms with van der Waals surface area (Å²) >= 11 is 0. The Morgan fingerprint density at radius 1 is 0.973 bits per heavy atom. The Labute approximate surface area is 227 Å². The lowest BCUT2D eigenvalue weighted by molar-refractivity contribution is -0.0283. The van der Waals surface area contributed by atoms with Crippen LogP contribution in [-0.2, 0) is 14.3 Å². The van der Waals surface area contributed by atoms with Crippen LogP contribution >= 0.6 is 0 Å². The number of aryl methyl sites for hydroxylation is 1. The van der Waals surface area contributed by atoms with Crippen LogP contribution in [0.1, 0.15) is 104 Å². The molecule has 4 aliphatic carbocycles. The molecule has 4 heteroatoms. The molecule has 4 aliphatic rings. The number of rotatable bonds is 8. The molecule has 0 amide bonds. The second-order valence-corrected chi connectivity index (χ2v) is 15.4. The van der Waals surface area contributed by atoms with E-state index in [-0.39, 0.29) is 11.0 Å². The quantitative estimate of drug-likeness (QED) is 0.251. The molecule has 1 aromatic carbocycles. The first-order valence-electron chi connectivity index (χ1n) is 15.3. The molecule has 1 aromatic rings. The predicted molar refractivity (Wildman–Crippen MR) is 152 cm³/mol. The molecule has 0 heterocycles. The highest BCUT2D eigenvalue weighted by molar-refractivity contribution is 7.86. The number of fused-ring (bicyclic) bond motifs is 5. The fourth-order valence-electron chi connectivity index (χ4n) is 9.28. The van der Waals surface area contributed by atoms with Gasteiger partial charge in [-0.05, 0) is 117 Å². The van der Waals surface area contributed by atoms with Crippen molar-refractivity contribution in [2.24, 2.45) is 46.8 Å². The SMILES string of the molecule is Cc1ccc(S(=O)(=O)OC2CCC3C(=CCC4C3CC[C@]3(C)C(C(C)CCCC(C)C)CCC43)C2)cc1. The summed E-state index contributed by atoms with van der Waals surface area (Å²) in [6.07, 6.45) is 16.0. The Balaban J connectivity index is 1.23. The highest BCUT2D eigenvalue weighted by Gasteiger charge is 2.56. The van der Waals surface area contributed by atoms with E-state index in [2.05, 4.69) is 33.8 Å². The van der Waals surface area contributed by atoms with Gasteiger partial charge in [0.2, 0.25) is 0 Å². The second-order valence-electron chi connectivity index (χ2n) is 13.9. The molecule has 206 valence electrons. The van der Waals surface area contributed by atoms with E-state index >= 15 is 0 Å². The number of hydrogen-bond donors (Lipinski definition) is 0. The predicted octanol–water partition coefficient (Wildman–Crippen LogP) is 8.72. The van der Waals surface area contributed by atoms with Gasteiger partial charge in [-0.15, -0.1) is 0 Å². The summed E-state index contributed by atoms with van der Waals surface area (Å²) in [5.74, 6) is 5.71. The average Bonchev–Trinajstić information content (AvgIpc) is 3.21. The van der Waals surface area contributed by atoms with Crippen LogP contribution in [0.5, 0.6) is 0 Å². The minimum absolute atomic E-state index is 0.221. The van der Waals surface area contributed by atoms with Gasteiger partial charge in [-0.25, -0.2) is 0 Å². The smallest absolute Gasteiger partial charge is 0.263 e. The zero-order valence-electron chi connectivity index (χ0n) is 23.9. The van der Waals surface area contributed by atoms with Crippen LogP contribution in [0.15, 0.2) is 40.8 Å². The molecule has 0 aromatic heterocycles. The normalized spacial score (nSPS) is 36.4. The molecule has 0 spiro atoms. The van der Waals surface area contributed by atoms with Crippen molar-refractivity contribution >= 4 is 10.1 Å². The Hall–Kier alpha value is -1.13. The fraction of sp³-hybridized carbons (Fsp3) is 0.758. The number of hydrogen-bond acceptors (Lipinski definition) is 3. The lowest BCUT2D eigenvalue weighted by Gasteiger charge is -2.54. The lowest BCUT2D eigenvalue weighted by Crippen LogP contribution is -2.47. The summed E-state index contributed by atoms with van der Waals surface area (Å²) in [6, 6.07) is 7.02. The van der Waals surface area contributed by atoms with Crippen molar-refractivity contribution in [2.75, 3.05) is 0 Å². The Kier molecular flexibility index (Phi) is 8.01. The highest BCUT2D eigenvalue weighted by atomic mass is 32.2. The summed E-state index contributed by atoms with van der Waals surface area (Å²) in [5, 5.41) is 0. The standard InChI is InChI=1S/C33H50O3S/c1-22(2)7-6-8-24(4)31-17-18-32-30-15-11-25-21-26(12-16-28(25)29(30)19-20-33(31,32)5)36-37(34,35)27-13-9-23(3)10-14-27/h9-11,13-14,22,24,26,28-32H,6-8,12,15-21H2,1-5H3/t24?,26?,28?,29?,30?,31?,32?,33-/m1/s1. The number of allylic oxidation sites excluding steroid dienone is 1. The van der Waals surface area contributed by atoms with Crippen molar-refractivity contribution in [3.8, 4) is 0 Å². The fourth-order valence-corrected chi connectivity index (χ4v) is 10.4. The molecule has 0 saturated heterocycles. The maximum atomic E-state index is 12.9. The molecule has 3 saturated carbocycles. The van der Waals surface area contributed by atoms with E-state index in [0.29, 0.717) is 11.3 Å². The zero-order chi connectivity index (χ0) is 26.4. The van der Waals surface area contributed by atoms with Crippen LogP contribution in [0.25, 0.3) is 0 Å². The Morgan fingerprint density at radius 2 is 1.73 bits per heavy atom. The third-order valence-electron chi connectivity index (χ3n) is 11.2. The Bertz CT molecular complexity index is 1070. The van der Waals surface area contributed by atoms with Crippen molar-refractivity contribution in [3.63, 3.8) is 0 Å². The van der Waals surface area contributed by atoms with Crippen molar-refractivity contribution in [1.82, 2.24) is 0 Å². The van der Waals surface area contributed by atoms with Crippen molar-refractivity contribution in [3.05, 3.63) is 41.5 Å². The molecule has 0 bridgehead atoms.